The van der Waals surface area contributed by atoms with Crippen LogP contribution in [0.15, 0.2) is 18.3 Å². The molecule has 2 rings (SSSR count). The number of ether oxygens (including phenoxy) is 1. The molecule has 1 aliphatic heterocycles. The molecule has 7 nitrogen and oxygen atoms in total. The largest absolute Gasteiger partial charge is 0.444 e. The number of hydrogen-bond donors (Lipinski definition) is 1. The number of aromatic nitrogens is 1. The van der Waals surface area contributed by atoms with Crippen LogP contribution in [-0.2, 0) is 4.74 Å². The van der Waals surface area contributed by atoms with Gasteiger partial charge in [-0.05, 0) is 39.3 Å². The number of hydrogen-bond acceptors (Lipinski definition) is 4. The zero-order valence-electron chi connectivity index (χ0n) is 14.3. The first-order valence-corrected chi connectivity index (χ1v) is 7.61. The maximum Gasteiger partial charge on any atom is 0.412 e. The van der Waals surface area contributed by atoms with Gasteiger partial charge in [0.15, 0.2) is 0 Å². The van der Waals surface area contributed by atoms with Crippen molar-refractivity contribution in [1.29, 1.82) is 0 Å². The van der Waals surface area contributed by atoms with Gasteiger partial charge in [0.1, 0.15) is 5.60 Å². The summed E-state index contributed by atoms with van der Waals surface area (Å²) in [5.74, 6) is 0. The van der Waals surface area contributed by atoms with Crippen molar-refractivity contribution in [1.82, 2.24) is 14.8 Å². The monoisotopic (exact) mass is 320 g/mol. The maximum absolute atomic E-state index is 12.0. The summed E-state index contributed by atoms with van der Waals surface area (Å²) in [7, 11) is 3.56. The number of nitrogens with one attached hydrogen (secondary N) is 1. The van der Waals surface area contributed by atoms with Crippen molar-refractivity contribution < 1.29 is 14.3 Å². The molecule has 1 saturated heterocycles. The van der Waals surface area contributed by atoms with Crippen molar-refractivity contribution in [2.45, 2.75) is 38.8 Å². The smallest absolute Gasteiger partial charge is 0.412 e. The van der Waals surface area contributed by atoms with Gasteiger partial charge in [-0.2, -0.15) is 0 Å². The minimum Gasteiger partial charge on any atom is -0.444 e. The number of urea groups is 1. The second-order valence-corrected chi connectivity index (χ2v) is 6.72. The SMILES string of the molecule is CN1CCC(c2ccc(NC(=O)OC(C)(C)C)cn2)N(C)C1=O. The lowest BCUT2D eigenvalue weighted by molar-refractivity contribution is 0.0636. The maximum atomic E-state index is 12.0. The minimum atomic E-state index is -0.547. The van der Waals surface area contributed by atoms with E-state index in [9.17, 15) is 9.59 Å². The summed E-state index contributed by atoms with van der Waals surface area (Å²) in [6.07, 6.45) is 1.89. The Balaban J connectivity index is 2.02. The second kappa shape index (κ2) is 6.44. The predicted molar refractivity (Wildman–Crippen MR) is 87.2 cm³/mol. The fourth-order valence-corrected chi connectivity index (χ4v) is 2.45. The van der Waals surface area contributed by atoms with Gasteiger partial charge >= 0.3 is 12.1 Å². The summed E-state index contributed by atoms with van der Waals surface area (Å²) < 4.78 is 5.19. The van der Waals surface area contributed by atoms with Gasteiger partial charge < -0.3 is 14.5 Å². The van der Waals surface area contributed by atoms with E-state index >= 15 is 0 Å². The predicted octanol–water partition coefficient (Wildman–Crippen LogP) is 2.86. The molecule has 1 aliphatic rings. The van der Waals surface area contributed by atoms with E-state index in [1.54, 1.807) is 56.9 Å². The molecule has 7 heteroatoms. The first-order chi connectivity index (χ1) is 10.7. The molecule has 1 atom stereocenters. The molecule has 0 bridgehead atoms. The van der Waals surface area contributed by atoms with Crippen LogP contribution >= 0.6 is 0 Å². The molecule has 1 unspecified atom stereocenters. The molecule has 3 amide bonds. The minimum absolute atomic E-state index is 0.0148. The van der Waals surface area contributed by atoms with Crippen molar-refractivity contribution in [3.05, 3.63) is 24.0 Å². The van der Waals surface area contributed by atoms with Crippen LogP contribution in [0.4, 0.5) is 15.3 Å². The number of carbonyl (C=O) groups excluding carboxylic acids is 2. The molecule has 23 heavy (non-hydrogen) atoms. The summed E-state index contributed by atoms with van der Waals surface area (Å²) in [6.45, 7) is 6.12. The van der Waals surface area contributed by atoms with Crippen LogP contribution in [0.25, 0.3) is 0 Å². The highest BCUT2D eigenvalue weighted by Gasteiger charge is 2.30. The zero-order chi connectivity index (χ0) is 17.2. The van der Waals surface area contributed by atoms with Crippen LogP contribution in [-0.4, -0.2) is 53.1 Å². The third kappa shape index (κ3) is 4.34. The Kier molecular flexibility index (Phi) is 4.77. The van der Waals surface area contributed by atoms with Gasteiger partial charge in [-0.15, -0.1) is 0 Å². The molecule has 0 saturated carbocycles. The van der Waals surface area contributed by atoms with E-state index < -0.39 is 11.7 Å². The van der Waals surface area contributed by atoms with E-state index in [0.717, 1.165) is 12.1 Å². The van der Waals surface area contributed by atoms with Gasteiger partial charge in [-0.25, -0.2) is 9.59 Å². The average Bonchev–Trinajstić information content (AvgIpc) is 2.44. The second-order valence-electron chi connectivity index (χ2n) is 6.72. The van der Waals surface area contributed by atoms with Crippen LogP contribution in [0.5, 0.6) is 0 Å². The van der Waals surface area contributed by atoms with Gasteiger partial charge in [-0.1, -0.05) is 0 Å². The first-order valence-electron chi connectivity index (χ1n) is 7.61. The third-order valence-corrected chi connectivity index (χ3v) is 3.61. The van der Waals surface area contributed by atoms with E-state index in [0.29, 0.717) is 12.2 Å². The first kappa shape index (κ1) is 17.1. The van der Waals surface area contributed by atoms with Gasteiger partial charge in [0, 0.05) is 20.6 Å². The van der Waals surface area contributed by atoms with Crippen LogP contribution in [0, 0.1) is 0 Å². The van der Waals surface area contributed by atoms with Crippen molar-refractivity contribution in [3.8, 4) is 0 Å². The zero-order valence-corrected chi connectivity index (χ0v) is 14.3. The molecule has 0 radical (unpaired) electrons. The molecule has 1 N–H and O–H groups in total. The summed E-state index contributed by atoms with van der Waals surface area (Å²) in [5, 5.41) is 2.64. The van der Waals surface area contributed by atoms with E-state index in [-0.39, 0.29) is 12.1 Å². The number of anilines is 1. The molecule has 1 fully saturated rings. The molecule has 2 heterocycles. The van der Waals surface area contributed by atoms with E-state index in [2.05, 4.69) is 10.3 Å². The Bertz CT molecular complexity index is 580. The molecule has 0 aromatic carbocycles. The van der Waals surface area contributed by atoms with Gasteiger partial charge in [0.25, 0.3) is 0 Å². The summed E-state index contributed by atoms with van der Waals surface area (Å²) >= 11 is 0. The highest BCUT2D eigenvalue weighted by Crippen LogP contribution is 2.27. The highest BCUT2D eigenvalue weighted by atomic mass is 16.6. The average molecular weight is 320 g/mol. The molecular formula is C16H24N4O3. The van der Waals surface area contributed by atoms with Crippen LogP contribution in [0.3, 0.4) is 0 Å². The number of pyridine rings is 1. The van der Waals surface area contributed by atoms with Crippen molar-refractivity contribution >= 4 is 17.8 Å². The summed E-state index contributed by atoms with van der Waals surface area (Å²) in [4.78, 5) is 31.5. The standard InChI is InChI=1S/C16H24N4O3/c1-16(2,3)23-14(21)18-11-6-7-12(17-10-11)13-8-9-19(4)15(22)20(13)5/h6-7,10,13H,8-9H2,1-5H3,(H,18,21). The Morgan fingerprint density at radius 3 is 2.61 bits per heavy atom. The Morgan fingerprint density at radius 1 is 1.35 bits per heavy atom. The number of carbonyl (C=O) groups is 2. The lowest BCUT2D eigenvalue weighted by Gasteiger charge is -2.37. The Labute approximate surface area is 136 Å². The normalized spacial score (nSPS) is 18.8. The van der Waals surface area contributed by atoms with Gasteiger partial charge in [0.2, 0.25) is 0 Å². The molecule has 1 aromatic rings. The molecule has 126 valence electrons. The lowest BCUT2D eigenvalue weighted by atomic mass is 10.1. The van der Waals surface area contributed by atoms with Gasteiger partial charge in [0.05, 0.1) is 23.6 Å². The summed E-state index contributed by atoms with van der Waals surface area (Å²) in [6, 6.07) is 3.53. The molecule has 0 spiro atoms. The number of nitrogens with zero attached hydrogens (tertiary/aromatic N) is 3. The Morgan fingerprint density at radius 2 is 2.04 bits per heavy atom. The van der Waals surface area contributed by atoms with Crippen molar-refractivity contribution in [3.63, 3.8) is 0 Å². The summed E-state index contributed by atoms with van der Waals surface area (Å²) in [5.41, 5.74) is 0.822. The fraction of sp³-hybridized carbons (Fsp3) is 0.562. The van der Waals surface area contributed by atoms with Crippen LogP contribution in [0.2, 0.25) is 0 Å². The fourth-order valence-electron chi connectivity index (χ4n) is 2.45. The molecular weight excluding hydrogens is 296 g/mol. The molecule has 1 aromatic heterocycles. The van der Waals surface area contributed by atoms with E-state index in [1.807, 2.05) is 6.07 Å². The van der Waals surface area contributed by atoms with E-state index in [4.69, 9.17) is 4.74 Å². The molecule has 0 aliphatic carbocycles. The van der Waals surface area contributed by atoms with Crippen molar-refractivity contribution in [2.24, 2.45) is 0 Å². The lowest BCUT2D eigenvalue weighted by Crippen LogP contribution is -2.47. The quantitative estimate of drug-likeness (QED) is 0.909. The highest BCUT2D eigenvalue weighted by molar-refractivity contribution is 5.84. The van der Waals surface area contributed by atoms with Crippen LogP contribution < -0.4 is 5.32 Å². The number of rotatable bonds is 2. The van der Waals surface area contributed by atoms with Crippen molar-refractivity contribution in [2.75, 3.05) is 26.0 Å². The van der Waals surface area contributed by atoms with E-state index in [1.165, 1.54) is 0 Å². The number of amides is 3. The Hall–Kier alpha value is -2.31. The van der Waals surface area contributed by atoms with Gasteiger partial charge in [-0.3, -0.25) is 10.3 Å². The topological polar surface area (TPSA) is 74.8 Å². The van der Waals surface area contributed by atoms with Crippen LogP contribution in [0.1, 0.15) is 38.9 Å². The third-order valence-electron chi connectivity index (χ3n) is 3.61.